The minimum absolute atomic E-state index is 0.362. The summed E-state index contributed by atoms with van der Waals surface area (Å²) >= 11 is 0. The Kier molecular flexibility index (Phi) is 7.53. The summed E-state index contributed by atoms with van der Waals surface area (Å²) in [5.41, 5.74) is 21.9. The van der Waals surface area contributed by atoms with Gasteiger partial charge in [0.05, 0.1) is 33.4 Å². The second-order valence-electron chi connectivity index (χ2n) is 17.8. The fraction of sp³-hybridized carbons (Fsp3) is 0.0323. The second-order valence-corrected chi connectivity index (χ2v) is 17.8. The summed E-state index contributed by atoms with van der Waals surface area (Å²) in [6.45, 7) is 2.46. The maximum Gasteiger partial charge on any atom is 0.0547 e. The summed E-state index contributed by atoms with van der Waals surface area (Å²) in [7, 11) is 0. The van der Waals surface area contributed by atoms with E-state index < -0.39 is 0 Å². The number of aromatic nitrogens is 2. The number of nitrogens with zero attached hydrogens (tertiary/aromatic N) is 3. The summed E-state index contributed by atoms with van der Waals surface area (Å²) in [4.78, 5) is 2.51. The van der Waals surface area contributed by atoms with Crippen molar-refractivity contribution in [3.05, 3.63) is 247 Å². The van der Waals surface area contributed by atoms with Crippen LogP contribution in [0.3, 0.4) is 0 Å². The highest BCUT2D eigenvalue weighted by molar-refractivity contribution is 6.17. The molecule has 1 aliphatic heterocycles. The number of anilines is 3. The van der Waals surface area contributed by atoms with Crippen molar-refractivity contribution >= 4 is 60.7 Å². The molecule has 14 rings (SSSR count). The Bertz CT molecular complexity index is 3890. The lowest BCUT2D eigenvalue weighted by Crippen LogP contribution is -2.32. The molecule has 1 unspecified atom stereocenters. The Morgan fingerprint density at radius 3 is 1.46 bits per heavy atom. The monoisotopic (exact) mass is 827 g/mol. The molecule has 3 nitrogen and oxygen atoms in total. The van der Waals surface area contributed by atoms with Crippen molar-refractivity contribution in [2.24, 2.45) is 0 Å². The molecule has 10 aromatic carbocycles. The zero-order chi connectivity index (χ0) is 42.8. The van der Waals surface area contributed by atoms with Gasteiger partial charge < -0.3 is 14.0 Å². The van der Waals surface area contributed by atoms with Crippen LogP contribution in [-0.2, 0) is 5.41 Å². The molecular weight excluding hydrogens is 787 g/mol. The lowest BCUT2D eigenvalue weighted by Gasteiger charge is -2.42. The first kappa shape index (κ1) is 36.1. The van der Waals surface area contributed by atoms with E-state index in [0.29, 0.717) is 0 Å². The topological polar surface area (TPSA) is 13.1 Å². The molecule has 3 heterocycles. The number of hydrogen-bond donors (Lipinski definition) is 0. The van der Waals surface area contributed by atoms with Crippen molar-refractivity contribution in [3.8, 4) is 44.8 Å². The van der Waals surface area contributed by atoms with Crippen molar-refractivity contribution in [1.82, 2.24) is 9.13 Å². The summed E-state index contributed by atoms with van der Waals surface area (Å²) < 4.78 is 4.81. The minimum Gasteiger partial charge on any atom is -0.310 e. The number of para-hydroxylation sites is 4. The van der Waals surface area contributed by atoms with Crippen LogP contribution in [0.25, 0.3) is 88.4 Å². The third-order valence-corrected chi connectivity index (χ3v) is 14.5. The molecule has 0 bridgehead atoms. The highest BCUT2D eigenvalue weighted by Gasteiger charge is 2.48. The maximum absolute atomic E-state index is 2.51. The zero-order valence-corrected chi connectivity index (χ0v) is 35.8. The van der Waals surface area contributed by atoms with Gasteiger partial charge in [-0.05, 0) is 136 Å². The third kappa shape index (κ3) is 4.95. The lowest BCUT2D eigenvalue weighted by atomic mass is 9.70. The first-order chi connectivity index (χ1) is 32.2. The van der Waals surface area contributed by atoms with Gasteiger partial charge in [-0.25, -0.2) is 0 Å². The Labute approximate surface area is 377 Å². The van der Waals surface area contributed by atoms with Crippen LogP contribution in [-0.4, -0.2) is 9.13 Å². The van der Waals surface area contributed by atoms with Gasteiger partial charge in [0.2, 0.25) is 0 Å². The molecule has 3 heteroatoms. The first-order valence-corrected chi connectivity index (χ1v) is 22.6. The highest BCUT2D eigenvalue weighted by atomic mass is 15.2. The molecule has 0 fully saturated rings. The minimum atomic E-state index is -0.362. The standard InChI is InChI=1S/C62H41N3/c1-62-51-27-11-8-21-47(51)48-26-16-32-58(61(48)62)65(44-36-33-40(34-37-44)45-24-14-30-56-59(45)49-22-9-12-28-53(49)63(56)42-17-4-2-5-18-42)55-38-35-41(39-52(55)62)46-25-15-31-57-60(46)50-23-10-13-29-54(50)64(57)43-19-6-3-7-20-43/h2-39H,1H3. The summed E-state index contributed by atoms with van der Waals surface area (Å²) in [5, 5.41) is 5.06. The van der Waals surface area contributed by atoms with Gasteiger partial charge in [-0.1, -0.05) is 152 Å². The SMILES string of the molecule is CC12c3ccccc3-c3cccc(c31)N(c1ccc(-c3cccc4c3c3ccccc3n4-c3ccccc3)cc1)c1ccc(-c3cccc4c3c3ccccc3n4-c3ccccc3)cc12. The molecule has 2 aromatic heterocycles. The normalized spacial score (nSPS) is 14.9. The van der Waals surface area contributed by atoms with Gasteiger partial charge in [-0.15, -0.1) is 0 Å². The van der Waals surface area contributed by atoms with Crippen LogP contribution in [0.5, 0.6) is 0 Å². The first-order valence-electron chi connectivity index (χ1n) is 22.6. The molecule has 0 amide bonds. The zero-order valence-electron chi connectivity index (χ0n) is 35.8. The quantitative estimate of drug-likeness (QED) is 0.168. The Balaban J connectivity index is 0.964. The molecule has 12 aromatic rings. The predicted octanol–water partition coefficient (Wildman–Crippen LogP) is 16.3. The molecule has 0 N–H and O–H groups in total. The van der Waals surface area contributed by atoms with Gasteiger partial charge in [-0.3, -0.25) is 0 Å². The number of rotatable bonds is 5. The number of benzene rings is 10. The van der Waals surface area contributed by atoms with E-state index in [1.807, 2.05) is 0 Å². The molecule has 0 spiro atoms. The van der Waals surface area contributed by atoms with E-state index >= 15 is 0 Å². The van der Waals surface area contributed by atoms with Gasteiger partial charge in [0.1, 0.15) is 0 Å². The van der Waals surface area contributed by atoms with Crippen molar-refractivity contribution < 1.29 is 0 Å². The third-order valence-electron chi connectivity index (χ3n) is 14.5. The number of hydrogen-bond acceptors (Lipinski definition) is 1. The average Bonchev–Trinajstić information content (AvgIpc) is 3.99. The summed E-state index contributed by atoms with van der Waals surface area (Å²) in [6.07, 6.45) is 0. The molecule has 1 aliphatic carbocycles. The van der Waals surface area contributed by atoms with Crippen LogP contribution < -0.4 is 4.90 Å². The van der Waals surface area contributed by atoms with E-state index in [9.17, 15) is 0 Å². The molecule has 2 aliphatic rings. The van der Waals surface area contributed by atoms with Crippen molar-refractivity contribution in [2.75, 3.05) is 4.90 Å². The molecule has 0 saturated carbocycles. The largest absolute Gasteiger partial charge is 0.310 e. The Hall–Kier alpha value is -8.40. The lowest BCUT2D eigenvalue weighted by molar-refractivity contribution is 0.702. The smallest absolute Gasteiger partial charge is 0.0547 e. The van der Waals surface area contributed by atoms with Crippen LogP contribution in [0.15, 0.2) is 231 Å². The van der Waals surface area contributed by atoms with Gasteiger partial charge in [0.15, 0.2) is 0 Å². The fourth-order valence-electron chi connectivity index (χ4n) is 11.8. The van der Waals surface area contributed by atoms with Crippen molar-refractivity contribution in [1.29, 1.82) is 0 Å². The van der Waals surface area contributed by atoms with Crippen LogP contribution in [0.1, 0.15) is 23.6 Å². The van der Waals surface area contributed by atoms with E-state index in [1.165, 1.54) is 111 Å². The second kappa shape index (κ2) is 13.6. The Morgan fingerprint density at radius 1 is 0.323 bits per heavy atom. The van der Waals surface area contributed by atoms with Crippen molar-refractivity contribution in [2.45, 2.75) is 12.3 Å². The average molecular weight is 828 g/mol. The van der Waals surface area contributed by atoms with E-state index in [2.05, 4.69) is 251 Å². The van der Waals surface area contributed by atoms with E-state index in [4.69, 9.17) is 0 Å². The van der Waals surface area contributed by atoms with Gasteiger partial charge in [-0.2, -0.15) is 0 Å². The van der Waals surface area contributed by atoms with E-state index in [0.717, 1.165) is 11.4 Å². The fourth-order valence-corrected chi connectivity index (χ4v) is 11.8. The molecule has 0 radical (unpaired) electrons. The van der Waals surface area contributed by atoms with Crippen LogP contribution in [0.2, 0.25) is 0 Å². The molecule has 65 heavy (non-hydrogen) atoms. The predicted molar refractivity (Wildman–Crippen MR) is 272 cm³/mol. The van der Waals surface area contributed by atoms with Gasteiger partial charge in [0.25, 0.3) is 0 Å². The molecular formula is C62H41N3. The molecule has 1 atom stereocenters. The summed E-state index contributed by atoms with van der Waals surface area (Å²) in [6, 6.07) is 85.1. The van der Waals surface area contributed by atoms with E-state index in [1.54, 1.807) is 0 Å². The summed E-state index contributed by atoms with van der Waals surface area (Å²) in [5.74, 6) is 0. The number of fused-ring (bicyclic) bond motifs is 11. The highest BCUT2D eigenvalue weighted by Crippen LogP contribution is 2.62. The van der Waals surface area contributed by atoms with Gasteiger partial charge >= 0.3 is 0 Å². The van der Waals surface area contributed by atoms with Crippen LogP contribution >= 0.6 is 0 Å². The van der Waals surface area contributed by atoms with Crippen molar-refractivity contribution in [3.63, 3.8) is 0 Å². The van der Waals surface area contributed by atoms with E-state index in [-0.39, 0.29) is 5.41 Å². The Morgan fingerprint density at radius 2 is 0.815 bits per heavy atom. The van der Waals surface area contributed by atoms with Crippen LogP contribution in [0, 0.1) is 0 Å². The van der Waals surface area contributed by atoms with Crippen LogP contribution in [0.4, 0.5) is 17.1 Å². The molecule has 0 saturated heterocycles. The van der Waals surface area contributed by atoms with Gasteiger partial charge in [0, 0.05) is 44.0 Å². The maximum atomic E-state index is 2.51. The molecule has 304 valence electrons.